The van der Waals surface area contributed by atoms with E-state index in [9.17, 15) is 0 Å². The van der Waals surface area contributed by atoms with Crippen molar-refractivity contribution in [3.8, 4) is 0 Å². The fourth-order valence-corrected chi connectivity index (χ4v) is 3.39. The standard InChI is InChI=1S/C18H25N/c1-18(2,3)16-9-13-7-5-6-8-14-11-19(4)12-15(10-16)17(13)14/h8-10H,5-7,11-12H2,1-4H3. The van der Waals surface area contributed by atoms with Gasteiger partial charge in [0.25, 0.3) is 0 Å². The molecule has 0 atom stereocenters. The van der Waals surface area contributed by atoms with Crippen molar-refractivity contribution in [1.29, 1.82) is 0 Å². The maximum atomic E-state index is 2.48. The quantitative estimate of drug-likeness (QED) is 0.673. The summed E-state index contributed by atoms with van der Waals surface area (Å²) in [4.78, 5) is 2.44. The molecular formula is C18H25N. The van der Waals surface area contributed by atoms with Gasteiger partial charge in [-0.3, -0.25) is 4.90 Å². The van der Waals surface area contributed by atoms with Crippen LogP contribution in [0.5, 0.6) is 0 Å². The highest BCUT2D eigenvalue weighted by molar-refractivity contribution is 5.75. The van der Waals surface area contributed by atoms with Crippen LogP contribution < -0.4 is 0 Å². The second-order valence-corrected chi connectivity index (χ2v) is 7.21. The molecule has 0 N–H and O–H groups in total. The summed E-state index contributed by atoms with van der Waals surface area (Å²) in [7, 11) is 2.23. The van der Waals surface area contributed by atoms with E-state index in [0.29, 0.717) is 0 Å². The second-order valence-electron chi connectivity index (χ2n) is 7.21. The summed E-state index contributed by atoms with van der Waals surface area (Å²) in [5, 5.41) is 0. The number of hydrogen-bond donors (Lipinski definition) is 0. The van der Waals surface area contributed by atoms with E-state index in [1.165, 1.54) is 24.8 Å². The highest BCUT2D eigenvalue weighted by atomic mass is 15.1. The maximum Gasteiger partial charge on any atom is 0.0240 e. The van der Waals surface area contributed by atoms with Crippen molar-refractivity contribution in [2.75, 3.05) is 13.6 Å². The monoisotopic (exact) mass is 255 g/mol. The zero-order chi connectivity index (χ0) is 13.6. The fraction of sp³-hybridized carbons (Fsp3) is 0.556. The first-order valence-corrected chi connectivity index (χ1v) is 7.49. The molecule has 19 heavy (non-hydrogen) atoms. The molecule has 1 heteroatoms. The number of rotatable bonds is 0. The Morgan fingerprint density at radius 2 is 1.79 bits per heavy atom. The first-order chi connectivity index (χ1) is 8.95. The predicted octanol–water partition coefficient (Wildman–Crippen LogP) is 4.15. The molecule has 1 heterocycles. The molecule has 2 aliphatic rings. The number of aryl methyl sites for hydroxylation is 1. The van der Waals surface area contributed by atoms with Gasteiger partial charge in [0.15, 0.2) is 0 Å². The van der Waals surface area contributed by atoms with Gasteiger partial charge < -0.3 is 0 Å². The SMILES string of the molecule is CN1CC2=CCCCc3cc(C(C)(C)C)cc(c32)C1. The molecule has 0 unspecified atom stereocenters. The summed E-state index contributed by atoms with van der Waals surface area (Å²) in [6.07, 6.45) is 6.26. The number of nitrogens with zero attached hydrogens (tertiary/aromatic N) is 1. The van der Waals surface area contributed by atoms with Crippen LogP contribution in [0.2, 0.25) is 0 Å². The van der Waals surface area contributed by atoms with Gasteiger partial charge in [0.05, 0.1) is 0 Å². The Labute approximate surface area is 117 Å². The molecular weight excluding hydrogens is 230 g/mol. The lowest BCUT2D eigenvalue weighted by Crippen LogP contribution is -2.27. The molecule has 102 valence electrons. The topological polar surface area (TPSA) is 3.24 Å². The van der Waals surface area contributed by atoms with Crippen LogP contribution in [0.4, 0.5) is 0 Å². The molecule has 0 fully saturated rings. The first kappa shape index (κ1) is 12.9. The average molecular weight is 255 g/mol. The zero-order valence-corrected chi connectivity index (χ0v) is 12.7. The van der Waals surface area contributed by atoms with E-state index in [4.69, 9.17) is 0 Å². The Kier molecular flexibility index (Phi) is 3.05. The molecule has 1 aromatic rings. The highest BCUT2D eigenvalue weighted by Crippen LogP contribution is 2.37. The van der Waals surface area contributed by atoms with Crippen molar-refractivity contribution in [2.24, 2.45) is 0 Å². The summed E-state index contributed by atoms with van der Waals surface area (Å²) in [5.74, 6) is 0. The Morgan fingerprint density at radius 1 is 1.05 bits per heavy atom. The summed E-state index contributed by atoms with van der Waals surface area (Å²) in [6, 6.07) is 4.93. The van der Waals surface area contributed by atoms with Gasteiger partial charge in [-0.25, -0.2) is 0 Å². The lowest BCUT2D eigenvalue weighted by atomic mass is 9.80. The molecule has 1 aromatic carbocycles. The molecule has 0 bridgehead atoms. The Hall–Kier alpha value is -1.08. The van der Waals surface area contributed by atoms with E-state index in [2.05, 4.69) is 50.9 Å². The van der Waals surface area contributed by atoms with Gasteiger partial charge in [-0.2, -0.15) is 0 Å². The lowest BCUT2D eigenvalue weighted by molar-refractivity contribution is 0.358. The minimum atomic E-state index is 0.248. The van der Waals surface area contributed by atoms with Crippen LogP contribution in [0.25, 0.3) is 5.57 Å². The van der Waals surface area contributed by atoms with Gasteiger partial charge in [0.1, 0.15) is 0 Å². The van der Waals surface area contributed by atoms with Crippen LogP contribution >= 0.6 is 0 Å². The third-order valence-electron chi connectivity index (χ3n) is 4.41. The highest BCUT2D eigenvalue weighted by Gasteiger charge is 2.25. The molecule has 0 amide bonds. The Bertz CT molecular complexity index is 531. The molecule has 1 aliphatic carbocycles. The smallest absolute Gasteiger partial charge is 0.0240 e. The van der Waals surface area contributed by atoms with Crippen molar-refractivity contribution in [2.45, 2.75) is 52.0 Å². The lowest BCUT2D eigenvalue weighted by Gasteiger charge is -2.31. The van der Waals surface area contributed by atoms with E-state index in [-0.39, 0.29) is 5.41 Å². The molecule has 0 radical (unpaired) electrons. The largest absolute Gasteiger partial charge is 0.298 e. The van der Waals surface area contributed by atoms with Crippen LogP contribution in [0.3, 0.4) is 0 Å². The number of hydrogen-bond acceptors (Lipinski definition) is 1. The second kappa shape index (κ2) is 4.49. The van der Waals surface area contributed by atoms with Crippen molar-refractivity contribution in [3.05, 3.63) is 40.5 Å². The van der Waals surface area contributed by atoms with E-state index in [1.54, 1.807) is 22.3 Å². The Morgan fingerprint density at radius 3 is 2.53 bits per heavy atom. The van der Waals surface area contributed by atoms with Gasteiger partial charge in [0, 0.05) is 13.1 Å². The van der Waals surface area contributed by atoms with Crippen LogP contribution in [0.1, 0.15) is 55.9 Å². The van der Waals surface area contributed by atoms with Crippen molar-refractivity contribution in [3.63, 3.8) is 0 Å². The molecule has 0 aromatic heterocycles. The third-order valence-corrected chi connectivity index (χ3v) is 4.41. The number of benzene rings is 1. The van der Waals surface area contributed by atoms with E-state index in [0.717, 1.165) is 13.1 Å². The maximum absolute atomic E-state index is 2.48. The van der Waals surface area contributed by atoms with Gasteiger partial charge in [0.2, 0.25) is 0 Å². The van der Waals surface area contributed by atoms with Crippen LogP contribution in [0.15, 0.2) is 18.2 Å². The van der Waals surface area contributed by atoms with Crippen LogP contribution in [-0.2, 0) is 18.4 Å². The van der Waals surface area contributed by atoms with Crippen LogP contribution in [0, 0.1) is 0 Å². The third kappa shape index (κ3) is 2.36. The van der Waals surface area contributed by atoms with Crippen LogP contribution in [-0.4, -0.2) is 18.5 Å². The summed E-state index contributed by atoms with van der Waals surface area (Å²) in [6.45, 7) is 9.18. The fourth-order valence-electron chi connectivity index (χ4n) is 3.39. The Balaban J connectivity index is 2.20. The van der Waals surface area contributed by atoms with Crippen molar-refractivity contribution in [1.82, 2.24) is 4.90 Å². The molecule has 0 saturated carbocycles. The number of likely N-dealkylation sites (N-methyl/N-ethyl adjacent to an activating group) is 1. The molecule has 1 aliphatic heterocycles. The normalized spacial score (nSPS) is 19.7. The average Bonchev–Trinajstić information content (AvgIpc) is 2.51. The molecule has 0 saturated heterocycles. The summed E-state index contributed by atoms with van der Waals surface area (Å²) in [5.41, 5.74) is 8.04. The number of allylic oxidation sites excluding steroid dienone is 1. The van der Waals surface area contributed by atoms with E-state index in [1.807, 2.05) is 0 Å². The predicted molar refractivity (Wildman–Crippen MR) is 82.4 cm³/mol. The minimum Gasteiger partial charge on any atom is -0.298 e. The van der Waals surface area contributed by atoms with Crippen molar-refractivity contribution >= 4 is 5.57 Å². The summed E-state index contributed by atoms with van der Waals surface area (Å²) >= 11 is 0. The van der Waals surface area contributed by atoms with Gasteiger partial charge in [-0.1, -0.05) is 39.0 Å². The van der Waals surface area contributed by atoms with Crippen molar-refractivity contribution < 1.29 is 0 Å². The van der Waals surface area contributed by atoms with Gasteiger partial charge >= 0.3 is 0 Å². The van der Waals surface area contributed by atoms with E-state index >= 15 is 0 Å². The van der Waals surface area contributed by atoms with Gasteiger partial charge in [-0.15, -0.1) is 0 Å². The molecule has 3 rings (SSSR count). The first-order valence-electron chi connectivity index (χ1n) is 7.49. The minimum absolute atomic E-state index is 0.248. The summed E-state index contributed by atoms with van der Waals surface area (Å²) < 4.78 is 0. The molecule has 0 spiro atoms. The van der Waals surface area contributed by atoms with E-state index < -0.39 is 0 Å². The molecule has 1 nitrogen and oxygen atoms in total. The van der Waals surface area contributed by atoms with Gasteiger partial charge in [-0.05, 0) is 59.6 Å². The zero-order valence-electron chi connectivity index (χ0n) is 12.7.